The molecule has 1 N–H and O–H groups in total. The third-order valence-electron chi connectivity index (χ3n) is 3.01. The van der Waals surface area contributed by atoms with Crippen molar-refractivity contribution in [3.05, 3.63) is 24.3 Å². The molecular formula is C16H28N2O2. The van der Waals surface area contributed by atoms with Crippen LogP contribution in [0.25, 0.3) is 0 Å². The molecule has 4 heteroatoms. The van der Waals surface area contributed by atoms with Crippen LogP contribution >= 0.6 is 0 Å². The molecule has 0 radical (unpaired) electrons. The summed E-state index contributed by atoms with van der Waals surface area (Å²) in [6, 6.07) is 0. The van der Waals surface area contributed by atoms with Gasteiger partial charge in [-0.1, -0.05) is 25.7 Å². The van der Waals surface area contributed by atoms with Crippen molar-refractivity contribution in [2.24, 2.45) is 5.92 Å². The van der Waals surface area contributed by atoms with E-state index >= 15 is 0 Å². The van der Waals surface area contributed by atoms with E-state index in [0.717, 1.165) is 38.6 Å². The highest BCUT2D eigenvalue weighted by molar-refractivity contribution is 5.92. The molecule has 0 rings (SSSR count). The van der Waals surface area contributed by atoms with E-state index < -0.39 is 0 Å². The van der Waals surface area contributed by atoms with Crippen molar-refractivity contribution in [1.29, 1.82) is 0 Å². The molecule has 0 aromatic carbocycles. The number of allylic oxidation sites excluding steroid dienone is 1. The first-order chi connectivity index (χ1) is 9.47. The fourth-order valence-electron chi connectivity index (χ4n) is 1.60. The predicted molar refractivity (Wildman–Crippen MR) is 83.5 cm³/mol. The summed E-state index contributed by atoms with van der Waals surface area (Å²) in [5.74, 6) is 0.0845. The Kier molecular flexibility index (Phi) is 10.6. The first-order valence-corrected chi connectivity index (χ1v) is 7.20. The van der Waals surface area contributed by atoms with Crippen LogP contribution in [-0.4, -0.2) is 43.8 Å². The first kappa shape index (κ1) is 18.6. The van der Waals surface area contributed by atoms with Gasteiger partial charge in [0.05, 0.1) is 0 Å². The van der Waals surface area contributed by atoms with Gasteiger partial charge in [0.25, 0.3) is 0 Å². The zero-order valence-electron chi connectivity index (χ0n) is 13.0. The number of nitrogens with zero attached hydrogens (tertiary/aromatic N) is 1. The zero-order valence-corrected chi connectivity index (χ0v) is 13.0. The Balaban J connectivity index is 3.57. The summed E-state index contributed by atoms with van der Waals surface area (Å²) in [6.07, 6.45) is 8.31. The summed E-state index contributed by atoms with van der Waals surface area (Å²) in [5, 5.41) is 2.81. The molecule has 0 aromatic rings. The van der Waals surface area contributed by atoms with Gasteiger partial charge < -0.3 is 15.0 Å². The maximum Gasteiger partial charge on any atom is 0.246 e. The van der Waals surface area contributed by atoms with Gasteiger partial charge in [-0.3, -0.25) is 4.79 Å². The molecule has 20 heavy (non-hydrogen) atoms. The van der Waals surface area contributed by atoms with Crippen molar-refractivity contribution < 1.29 is 9.59 Å². The van der Waals surface area contributed by atoms with Gasteiger partial charge in [0.15, 0.2) is 0 Å². The van der Waals surface area contributed by atoms with Crippen LogP contribution in [0, 0.1) is 5.92 Å². The Labute approximate surface area is 122 Å². The molecule has 1 amide bonds. The predicted octanol–water partition coefficient (Wildman–Crippen LogP) is 2.17. The van der Waals surface area contributed by atoms with Gasteiger partial charge in [-0.25, -0.2) is 0 Å². The van der Waals surface area contributed by atoms with E-state index in [1.54, 1.807) is 6.92 Å². The topological polar surface area (TPSA) is 49.4 Å². The van der Waals surface area contributed by atoms with Gasteiger partial charge in [0.2, 0.25) is 5.91 Å². The normalized spacial score (nSPS) is 12.6. The molecule has 0 aliphatic heterocycles. The Morgan fingerprint density at radius 1 is 1.40 bits per heavy atom. The average molecular weight is 280 g/mol. The zero-order chi connectivity index (χ0) is 15.4. The second-order valence-electron chi connectivity index (χ2n) is 5.31. The highest BCUT2D eigenvalue weighted by atomic mass is 16.1. The number of rotatable bonds is 11. The molecule has 0 aliphatic rings. The molecular weight excluding hydrogens is 252 g/mol. The summed E-state index contributed by atoms with van der Waals surface area (Å²) in [5.41, 5.74) is 0.539. The SMILES string of the molecule is C=C(C)C(=O)NCCN(C)CC=CCCCC(C)C=O. The van der Waals surface area contributed by atoms with Gasteiger partial charge in [0, 0.05) is 31.1 Å². The molecule has 0 saturated carbocycles. The fraction of sp³-hybridized carbons (Fsp3) is 0.625. The average Bonchev–Trinajstić information content (AvgIpc) is 2.41. The number of likely N-dealkylation sites (N-methyl/N-ethyl adjacent to an activating group) is 1. The lowest BCUT2D eigenvalue weighted by Gasteiger charge is -2.14. The van der Waals surface area contributed by atoms with Crippen LogP contribution in [0.3, 0.4) is 0 Å². The summed E-state index contributed by atoms with van der Waals surface area (Å²) in [4.78, 5) is 23.9. The lowest BCUT2D eigenvalue weighted by atomic mass is 10.1. The smallest absolute Gasteiger partial charge is 0.246 e. The maximum absolute atomic E-state index is 11.3. The monoisotopic (exact) mass is 280 g/mol. The van der Waals surface area contributed by atoms with Gasteiger partial charge in [-0.05, 0) is 33.2 Å². The number of carbonyl (C=O) groups excluding carboxylic acids is 2. The third-order valence-corrected chi connectivity index (χ3v) is 3.01. The summed E-state index contributed by atoms with van der Waals surface area (Å²) in [7, 11) is 2.02. The lowest BCUT2D eigenvalue weighted by molar-refractivity contribution is -0.117. The summed E-state index contributed by atoms with van der Waals surface area (Å²) in [6.45, 7) is 9.55. The number of nitrogens with one attached hydrogen (secondary N) is 1. The molecule has 0 fully saturated rings. The Morgan fingerprint density at radius 2 is 2.10 bits per heavy atom. The van der Waals surface area contributed by atoms with Crippen molar-refractivity contribution >= 4 is 12.2 Å². The first-order valence-electron chi connectivity index (χ1n) is 7.20. The number of aldehydes is 1. The van der Waals surface area contributed by atoms with Crippen LogP contribution in [0.4, 0.5) is 0 Å². The van der Waals surface area contributed by atoms with Crippen LogP contribution in [0.5, 0.6) is 0 Å². The maximum atomic E-state index is 11.3. The van der Waals surface area contributed by atoms with Crippen LogP contribution in [0.2, 0.25) is 0 Å². The number of amides is 1. The molecule has 114 valence electrons. The molecule has 0 aliphatic carbocycles. The van der Waals surface area contributed by atoms with Gasteiger partial charge in [-0.2, -0.15) is 0 Å². The minimum atomic E-state index is -0.0850. The van der Waals surface area contributed by atoms with E-state index in [9.17, 15) is 9.59 Å². The molecule has 0 aromatic heterocycles. The molecule has 4 nitrogen and oxygen atoms in total. The Hall–Kier alpha value is -1.42. The van der Waals surface area contributed by atoms with Crippen molar-refractivity contribution in [2.75, 3.05) is 26.7 Å². The van der Waals surface area contributed by atoms with Crippen LogP contribution in [0.15, 0.2) is 24.3 Å². The number of hydrogen-bond donors (Lipinski definition) is 1. The van der Waals surface area contributed by atoms with Crippen LogP contribution in [-0.2, 0) is 9.59 Å². The van der Waals surface area contributed by atoms with Gasteiger partial charge >= 0.3 is 0 Å². The quantitative estimate of drug-likeness (QED) is 0.273. The highest BCUT2D eigenvalue weighted by Crippen LogP contribution is 2.05. The number of carbonyl (C=O) groups is 2. The van der Waals surface area contributed by atoms with Gasteiger partial charge in [0.1, 0.15) is 6.29 Å². The molecule has 1 unspecified atom stereocenters. The second-order valence-corrected chi connectivity index (χ2v) is 5.31. The lowest BCUT2D eigenvalue weighted by Crippen LogP contribution is -2.33. The van der Waals surface area contributed by atoms with E-state index in [4.69, 9.17) is 0 Å². The molecule has 0 heterocycles. The molecule has 0 bridgehead atoms. The summed E-state index contributed by atoms with van der Waals surface area (Å²) < 4.78 is 0. The Morgan fingerprint density at radius 3 is 2.70 bits per heavy atom. The van der Waals surface area contributed by atoms with Crippen molar-refractivity contribution in [3.63, 3.8) is 0 Å². The Bertz CT molecular complexity index is 337. The minimum Gasteiger partial charge on any atom is -0.351 e. The van der Waals surface area contributed by atoms with E-state index in [2.05, 4.69) is 28.9 Å². The summed E-state index contributed by atoms with van der Waals surface area (Å²) >= 11 is 0. The van der Waals surface area contributed by atoms with E-state index in [1.807, 2.05) is 14.0 Å². The second kappa shape index (κ2) is 11.4. The molecule has 1 atom stereocenters. The van der Waals surface area contributed by atoms with Gasteiger partial charge in [-0.15, -0.1) is 0 Å². The van der Waals surface area contributed by atoms with Crippen LogP contribution < -0.4 is 5.32 Å². The minimum absolute atomic E-state index is 0.0850. The number of unbranched alkanes of at least 4 members (excludes halogenated alkanes) is 1. The van der Waals surface area contributed by atoms with Crippen molar-refractivity contribution in [2.45, 2.75) is 33.1 Å². The van der Waals surface area contributed by atoms with E-state index in [0.29, 0.717) is 12.1 Å². The van der Waals surface area contributed by atoms with Crippen molar-refractivity contribution in [1.82, 2.24) is 10.2 Å². The van der Waals surface area contributed by atoms with Crippen molar-refractivity contribution in [3.8, 4) is 0 Å². The fourth-order valence-corrected chi connectivity index (χ4v) is 1.60. The highest BCUT2D eigenvalue weighted by Gasteiger charge is 2.01. The van der Waals surface area contributed by atoms with Crippen LogP contribution in [0.1, 0.15) is 33.1 Å². The standard InChI is InChI=1S/C16H28N2O2/c1-14(2)16(20)17-10-12-18(4)11-8-6-5-7-9-15(3)13-19/h6,8,13,15H,1,5,7,9-12H2,2-4H3,(H,17,20). The molecule has 0 spiro atoms. The molecule has 0 saturated heterocycles. The number of hydrogen-bond acceptors (Lipinski definition) is 3. The third kappa shape index (κ3) is 10.5. The van der Waals surface area contributed by atoms with E-state index in [-0.39, 0.29) is 11.8 Å². The van der Waals surface area contributed by atoms with E-state index in [1.165, 1.54) is 0 Å². The largest absolute Gasteiger partial charge is 0.351 e.